The smallest absolute Gasteiger partial charge is 0.340 e. The van der Waals surface area contributed by atoms with E-state index in [0.717, 1.165) is 6.07 Å². The van der Waals surface area contributed by atoms with Crippen molar-refractivity contribution >= 4 is 29.2 Å². The fraction of sp³-hybridized carbons (Fsp3) is 0.0455. The minimum absolute atomic E-state index is 0.107. The van der Waals surface area contributed by atoms with Crippen LogP contribution in [0.5, 0.6) is 0 Å². The number of para-hydroxylation sites is 1. The van der Waals surface area contributed by atoms with Gasteiger partial charge >= 0.3 is 5.97 Å². The van der Waals surface area contributed by atoms with E-state index in [1.165, 1.54) is 24.3 Å². The molecule has 7 heteroatoms. The first-order chi connectivity index (χ1) is 14.0. The molecule has 3 aromatic carbocycles. The molecule has 0 radical (unpaired) electrons. The maximum absolute atomic E-state index is 13.2. The highest BCUT2D eigenvalue weighted by atomic mass is 19.1. The fourth-order valence-corrected chi connectivity index (χ4v) is 2.53. The molecule has 29 heavy (non-hydrogen) atoms. The first kappa shape index (κ1) is 19.8. The van der Waals surface area contributed by atoms with Gasteiger partial charge in [0.05, 0.1) is 11.3 Å². The van der Waals surface area contributed by atoms with Crippen LogP contribution >= 0.6 is 0 Å². The van der Waals surface area contributed by atoms with Crippen molar-refractivity contribution in [2.24, 2.45) is 0 Å². The van der Waals surface area contributed by atoms with Crippen LogP contribution in [0.1, 0.15) is 20.7 Å². The Bertz CT molecular complexity index is 1040. The van der Waals surface area contributed by atoms with E-state index >= 15 is 0 Å². The first-order valence-electron chi connectivity index (χ1n) is 8.71. The summed E-state index contributed by atoms with van der Waals surface area (Å²) in [6, 6.07) is 20.2. The number of carbonyl (C=O) groups excluding carboxylic acids is 3. The van der Waals surface area contributed by atoms with Gasteiger partial charge in [-0.3, -0.25) is 9.59 Å². The number of esters is 1. The second kappa shape index (κ2) is 9.27. The summed E-state index contributed by atoms with van der Waals surface area (Å²) in [5.41, 5.74) is 1.05. The molecular weight excluding hydrogens is 375 g/mol. The average molecular weight is 392 g/mol. The SMILES string of the molecule is O=C(COC(=O)c1ccccc1NC(=O)c1ccccc1)Nc1cccc(F)c1. The minimum Gasteiger partial charge on any atom is -0.452 e. The quantitative estimate of drug-likeness (QED) is 0.624. The molecule has 6 nitrogen and oxygen atoms in total. The monoisotopic (exact) mass is 392 g/mol. The Hall–Kier alpha value is -4.00. The molecule has 0 saturated heterocycles. The zero-order valence-electron chi connectivity index (χ0n) is 15.2. The van der Waals surface area contributed by atoms with Crippen LogP contribution in [0, 0.1) is 5.82 Å². The van der Waals surface area contributed by atoms with E-state index in [1.807, 2.05) is 0 Å². The largest absolute Gasteiger partial charge is 0.452 e. The maximum Gasteiger partial charge on any atom is 0.340 e. The predicted molar refractivity (Wildman–Crippen MR) is 106 cm³/mol. The summed E-state index contributed by atoms with van der Waals surface area (Å²) >= 11 is 0. The molecule has 0 aromatic heterocycles. The van der Waals surface area contributed by atoms with Gasteiger partial charge in [0.15, 0.2) is 6.61 Å². The predicted octanol–water partition coefficient (Wildman–Crippen LogP) is 3.87. The summed E-state index contributed by atoms with van der Waals surface area (Å²) in [6.07, 6.45) is 0. The summed E-state index contributed by atoms with van der Waals surface area (Å²) in [5.74, 6) is -2.27. The molecule has 0 atom stereocenters. The van der Waals surface area contributed by atoms with Gasteiger partial charge in [0, 0.05) is 11.3 Å². The third-order valence-corrected chi connectivity index (χ3v) is 3.87. The van der Waals surface area contributed by atoms with Gasteiger partial charge in [0.1, 0.15) is 5.82 Å². The van der Waals surface area contributed by atoms with Crippen molar-refractivity contribution in [2.45, 2.75) is 0 Å². The second-order valence-electron chi connectivity index (χ2n) is 6.00. The number of halogens is 1. The molecule has 2 amide bonds. The van der Waals surface area contributed by atoms with Gasteiger partial charge < -0.3 is 15.4 Å². The molecule has 3 aromatic rings. The first-order valence-corrected chi connectivity index (χ1v) is 8.71. The van der Waals surface area contributed by atoms with Crippen molar-refractivity contribution in [3.05, 3.63) is 95.8 Å². The fourth-order valence-electron chi connectivity index (χ4n) is 2.53. The molecule has 0 heterocycles. The normalized spacial score (nSPS) is 10.1. The highest BCUT2D eigenvalue weighted by Gasteiger charge is 2.16. The van der Waals surface area contributed by atoms with Crippen LogP contribution in [0.25, 0.3) is 0 Å². The van der Waals surface area contributed by atoms with Gasteiger partial charge in [0.25, 0.3) is 11.8 Å². The van der Waals surface area contributed by atoms with Crippen LogP contribution in [0.4, 0.5) is 15.8 Å². The molecule has 0 saturated carbocycles. The van der Waals surface area contributed by atoms with Crippen molar-refractivity contribution in [1.29, 1.82) is 0 Å². The Kier molecular flexibility index (Phi) is 6.32. The lowest BCUT2D eigenvalue weighted by atomic mass is 10.1. The molecule has 2 N–H and O–H groups in total. The van der Waals surface area contributed by atoms with Crippen LogP contribution in [-0.2, 0) is 9.53 Å². The van der Waals surface area contributed by atoms with Gasteiger partial charge in [-0.25, -0.2) is 9.18 Å². The molecule has 0 spiro atoms. The molecular formula is C22H17FN2O4. The summed E-state index contributed by atoms with van der Waals surface area (Å²) < 4.78 is 18.2. The minimum atomic E-state index is -0.775. The zero-order valence-corrected chi connectivity index (χ0v) is 15.2. The van der Waals surface area contributed by atoms with Crippen molar-refractivity contribution in [2.75, 3.05) is 17.2 Å². The van der Waals surface area contributed by atoms with Crippen LogP contribution in [0.2, 0.25) is 0 Å². The molecule has 0 unspecified atom stereocenters. The Morgan fingerprint density at radius 2 is 1.55 bits per heavy atom. The average Bonchev–Trinajstić information content (AvgIpc) is 2.73. The molecule has 0 fully saturated rings. The van der Waals surface area contributed by atoms with Crippen LogP contribution in [-0.4, -0.2) is 24.4 Å². The maximum atomic E-state index is 13.2. The number of amides is 2. The van der Waals surface area contributed by atoms with E-state index in [2.05, 4.69) is 10.6 Å². The summed E-state index contributed by atoms with van der Waals surface area (Å²) in [7, 11) is 0. The Labute approximate surface area is 166 Å². The number of carbonyl (C=O) groups is 3. The van der Waals surface area contributed by atoms with E-state index in [0.29, 0.717) is 5.56 Å². The molecule has 0 aliphatic heterocycles. The van der Waals surface area contributed by atoms with Gasteiger partial charge in [0.2, 0.25) is 0 Å². The van der Waals surface area contributed by atoms with E-state index < -0.39 is 24.3 Å². The summed E-state index contributed by atoms with van der Waals surface area (Å²) in [5, 5.41) is 5.09. The van der Waals surface area contributed by atoms with Crippen molar-refractivity contribution in [3.63, 3.8) is 0 Å². The lowest BCUT2D eigenvalue weighted by Crippen LogP contribution is -2.22. The third kappa shape index (κ3) is 5.49. The van der Waals surface area contributed by atoms with Crippen molar-refractivity contribution in [1.82, 2.24) is 0 Å². The Balaban J connectivity index is 1.62. The highest BCUT2D eigenvalue weighted by Crippen LogP contribution is 2.17. The van der Waals surface area contributed by atoms with Crippen LogP contribution in [0.3, 0.4) is 0 Å². The zero-order chi connectivity index (χ0) is 20.6. The highest BCUT2D eigenvalue weighted by molar-refractivity contribution is 6.08. The summed E-state index contributed by atoms with van der Waals surface area (Å²) in [4.78, 5) is 36.6. The summed E-state index contributed by atoms with van der Waals surface area (Å²) in [6.45, 7) is -0.559. The number of hydrogen-bond acceptors (Lipinski definition) is 4. The molecule has 146 valence electrons. The Morgan fingerprint density at radius 1 is 0.828 bits per heavy atom. The number of benzene rings is 3. The van der Waals surface area contributed by atoms with Gasteiger partial charge in [-0.1, -0.05) is 36.4 Å². The molecule has 0 bridgehead atoms. The molecule has 3 rings (SSSR count). The van der Waals surface area contributed by atoms with Crippen molar-refractivity contribution < 1.29 is 23.5 Å². The number of rotatable bonds is 6. The lowest BCUT2D eigenvalue weighted by molar-refractivity contribution is -0.119. The topological polar surface area (TPSA) is 84.5 Å². The number of nitrogens with one attached hydrogen (secondary N) is 2. The van der Waals surface area contributed by atoms with Gasteiger partial charge in [-0.2, -0.15) is 0 Å². The molecule has 0 aliphatic rings. The van der Waals surface area contributed by atoms with Crippen molar-refractivity contribution in [3.8, 4) is 0 Å². The van der Waals surface area contributed by atoms with Gasteiger partial charge in [-0.05, 0) is 42.5 Å². The van der Waals surface area contributed by atoms with Crippen LogP contribution in [0.15, 0.2) is 78.9 Å². The van der Waals surface area contributed by atoms with E-state index in [-0.39, 0.29) is 22.8 Å². The van der Waals surface area contributed by atoms with E-state index in [9.17, 15) is 18.8 Å². The number of anilines is 2. The second-order valence-corrected chi connectivity index (χ2v) is 6.00. The molecule has 0 aliphatic carbocycles. The van der Waals surface area contributed by atoms with Gasteiger partial charge in [-0.15, -0.1) is 0 Å². The number of ether oxygens (including phenoxy) is 1. The standard InChI is InChI=1S/C22H17FN2O4/c23-16-9-6-10-17(13-16)24-20(26)14-29-22(28)18-11-4-5-12-19(18)25-21(27)15-7-2-1-3-8-15/h1-13H,14H2,(H,24,26)(H,25,27). The van der Waals surface area contributed by atoms with E-state index in [4.69, 9.17) is 4.74 Å². The third-order valence-electron chi connectivity index (χ3n) is 3.87. The van der Waals surface area contributed by atoms with E-state index in [1.54, 1.807) is 48.5 Å². The Morgan fingerprint density at radius 3 is 2.31 bits per heavy atom. The lowest BCUT2D eigenvalue weighted by Gasteiger charge is -2.11. The number of hydrogen-bond donors (Lipinski definition) is 2. The van der Waals surface area contributed by atoms with Crippen LogP contribution < -0.4 is 10.6 Å².